The molecule has 0 aromatic carbocycles. The van der Waals surface area contributed by atoms with Crippen LogP contribution in [0.15, 0.2) is 35.3 Å². The molecule has 1 fully saturated rings. The van der Waals surface area contributed by atoms with Crippen LogP contribution in [-0.4, -0.2) is 33.9 Å². The second kappa shape index (κ2) is 8.20. The summed E-state index contributed by atoms with van der Waals surface area (Å²) in [6.07, 6.45) is -0.339. The van der Waals surface area contributed by atoms with Gasteiger partial charge in [0.2, 0.25) is 0 Å². The quantitative estimate of drug-likeness (QED) is 0.836. The van der Waals surface area contributed by atoms with Gasteiger partial charge in [0.25, 0.3) is 5.56 Å². The predicted molar refractivity (Wildman–Crippen MR) is 102 cm³/mol. The van der Waals surface area contributed by atoms with Crippen molar-refractivity contribution < 1.29 is 13.2 Å². The first-order valence-electron chi connectivity index (χ1n) is 9.40. The fourth-order valence-corrected chi connectivity index (χ4v) is 3.44. The Morgan fingerprint density at radius 2 is 2.04 bits per heavy atom. The van der Waals surface area contributed by atoms with E-state index in [0.717, 1.165) is 31.9 Å². The van der Waals surface area contributed by atoms with E-state index in [2.05, 4.69) is 20.3 Å². The maximum Gasteiger partial charge on any atom is 0.419 e. The Morgan fingerprint density at radius 3 is 2.75 bits per heavy atom. The largest absolute Gasteiger partial charge is 0.419 e. The summed E-state index contributed by atoms with van der Waals surface area (Å²) in [6, 6.07) is 5.36. The summed E-state index contributed by atoms with van der Waals surface area (Å²) in [5, 5.41) is 7.33. The van der Waals surface area contributed by atoms with Gasteiger partial charge in [0.05, 0.1) is 11.6 Å². The lowest BCUT2D eigenvalue weighted by Gasteiger charge is -2.37. The molecule has 1 unspecified atom stereocenters. The van der Waals surface area contributed by atoms with Crippen LogP contribution in [0.3, 0.4) is 0 Å². The third-order valence-electron chi connectivity index (χ3n) is 4.84. The van der Waals surface area contributed by atoms with Crippen molar-refractivity contribution in [2.24, 2.45) is 0 Å². The van der Waals surface area contributed by atoms with Crippen molar-refractivity contribution in [3.05, 3.63) is 46.4 Å². The van der Waals surface area contributed by atoms with Crippen molar-refractivity contribution in [1.29, 1.82) is 0 Å². The number of halogens is 3. The molecule has 2 aromatic heterocycles. The minimum absolute atomic E-state index is 0.0394. The molecule has 2 aromatic rings. The van der Waals surface area contributed by atoms with E-state index in [1.165, 1.54) is 23.0 Å². The number of nitrogens with zero attached hydrogens (tertiary/aromatic N) is 4. The molecule has 1 saturated heterocycles. The van der Waals surface area contributed by atoms with Gasteiger partial charge in [-0.2, -0.15) is 18.3 Å². The van der Waals surface area contributed by atoms with Gasteiger partial charge in [0.1, 0.15) is 11.6 Å². The standard InChI is InChI=1S/C19H24F3N5O/c1-13(2)27-17(28)9-8-16(25-27)26-11-4-3-6-14(26)12-24-18-15(19(20,21)22)7-5-10-23-18/h5,7-10,13-14H,3-4,6,11-12H2,1-2H3,(H,23,24). The van der Waals surface area contributed by atoms with Crippen LogP contribution in [0.25, 0.3) is 0 Å². The van der Waals surface area contributed by atoms with Gasteiger partial charge in [-0.05, 0) is 51.3 Å². The molecule has 1 N–H and O–H groups in total. The average Bonchev–Trinajstić information content (AvgIpc) is 2.66. The lowest BCUT2D eigenvalue weighted by molar-refractivity contribution is -0.137. The highest BCUT2D eigenvalue weighted by molar-refractivity contribution is 5.47. The first-order valence-corrected chi connectivity index (χ1v) is 9.40. The van der Waals surface area contributed by atoms with Gasteiger partial charge < -0.3 is 10.2 Å². The molecular formula is C19H24F3N5O. The Kier molecular flexibility index (Phi) is 5.90. The van der Waals surface area contributed by atoms with Crippen molar-refractivity contribution in [1.82, 2.24) is 14.8 Å². The highest BCUT2D eigenvalue weighted by Gasteiger charge is 2.34. The Morgan fingerprint density at radius 1 is 1.25 bits per heavy atom. The van der Waals surface area contributed by atoms with Gasteiger partial charge in [0, 0.05) is 31.4 Å². The predicted octanol–water partition coefficient (Wildman–Crippen LogP) is 3.71. The number of piperidine rings is 1. The minimum Gasteiger partial charge on any atom is -0.368 e. The molecule has 6 nitrogen and oxygen atoms in total. The van der Waals surface area contributed by atoms with Crippen molar-refractivity contribution in [2.75, 3.05) is 23.3 Å². The lowest BCUT2D eigenvalue weighted by atomic mass is 10.0. The summed E-state index contributed by atoms with van der Waals surface area (Å²) in [5.74, 6) is 0.498. The van der Waals surface area contributed by atoms with E-state index < -0.39 is 11.7 Å². The average molecular weight is 395 g/mol. The third kappa shape index (κ3) is 4.45. The zero-order valence-corrected chi connectivity index (χ0v) is 15.9. The Hall–Kier alpha value is -2.58. The maximum absolute atomic E-state index is 13.2. The summed E-state index contributed by atoms with van der Waals surface area (Å²) >= 11 is 0. The van der Waals surface area contributed by atoms with Crippen LogP contribution in [0.2, 0.25) is 0 Å². The maximum atomic E-state index is 13.2. The molecule has 152 valence electrons. The molecule has 1 aliphatic heterocycles. The van der Waals surface area contributed by atoms with E-state index in [-0.39, 0.29) is 23.5 Å². The Bertz CT molecular complexity index is 865. The zero-order chi connectivity index (χ0) is 20.3. The number of nitrogens with one attached hydrogen (secondary N) is 1. The molecule has 3 rings (SSSR count). The number of alkyl halides is 3. The summed E-state index contributed by atoms with van der Waals surface area (Å²) < 4.78 is 41.0. The fraction of sp³-hybridized carbons (Fsp3) is 0.526. The number of hydrogen-bond acceptors (Lipinski definition) is 5. The second-order valence-electron chi connectivity index (χ2n) is 7.19. The molecule has 3 heterocycles. The van der Waals surface area contributed by atoms with Gasteiger partial charge in [0.15, 0.2) is 0 Å². The van der Waals surface area contributed by atoms with E-state index in [4.69, 9.17) is 0 Å². The molecule has 1 aliphatic rings. The number of hydrogen-bond donors (Lipinski definition) is 1. The van der Waals surface area contributed by atoms with Gasteiger partial charge in [-0.25, -0.2) is 9.67 Å². The van der Waals surface area contributed by atoms with Crippen molar-refractivity contribution in [2.45, 2.75) is 51.4 Å². The first-order chi connectivity index (χ1) is 13.3. The summed E-state index contributed by atoms with van der Waals surface area (Å²) in [6.45, 7) is 4.81. The van der Waals surface area contributed by atoms with Crippen LogP contribution < -0.4 is 15.8 Å². The number of aromatic nitrogens is 3. The summed E-state index contributed by atoms with van der Waals surface area (Å²) in [5.41, 5.74) is -0.947. The molecule has 28 heavy (non-hydrogen) atoms. The Balaban J connectivity index is 1.80. The van der Waals surface area contributed by atoms with Crippen LogP contribution in [-0.2, 0) is 6.18 Å². The van der Waals surface area contributed by atoms with Crippen molar-refractivity contribution in [3.8, 4) is 0 Å². The molecule has 0 spiro atoms. The van der Waals surface area contributed by atoms with Crippen LogP contribution in [0.5, 0.6) is 0 Å². The van der Waals surface area contributed by atoms with E-state index in [1.807, 2.05) is 13.8 Å². The smallest absolute Gasteiger partial charge is 0.368 e. The highest BCUT2D eigenvalue weighted by atomic mass is 19.4. The third-order valence-corrected chi connectivity index (χ3v) is 4.84. The van der Waals surface area contributed by atoms with Gasteiger partial charge in [-0.1, -0.05) is 0 Å². The molecular weight excluding hydrogens is 371 g/mol. The van der Waals surface area contributed by atoms with Crippen LogP contribution in [0.1, 0.15) is 44.7 Å². The summed E-state index contributed by atoms with van der Waals surface area (Å²) in [7, 11) is 0. The molecule has 0 radical (unpaired) electrons. The number of anilines is 2. The van der Waals surface area contributed by atoms with Crippen LogP contribution in [0.4, 0.5) is 24.8 Å². The molecule has 1 atom stereocenters. The number of rotatable bonds is 5. The van der Waals surface area contributed by atoms with Crippen LogP contribution in [0, 0.1) is 0 Å². The van der Waals surface area contributed by atoms with Crippen LogP contribution >= 0.6 is 0 Å². The monoisotopic (exact) mass is 395 g/mol. The fourth-order valence-electron chi connectivity index (χ4n) is 3.44. The lowest BCUT2D eigenvalue weighted by Crippen LogP contribution is -2.45. The molecule has 0 amide bonds. The number of pyridine rings is 1. The second-order valence-corrected chi connectivity index (χ2v) is 7.19. The van der Waals surface area contributed by atoms with Gasteiger partial charge in [-0.15, -0.1) is 0 Å². The van der Waals surface area contributed by atoms with Gasteiger partial charge >= 0.3 is 6.18 Å². The molecule has 0 aliphatic carbocycles. The molecule has 0 saturated carbocycles. The van der Waals surface area contributed by atoms with Gasteiger partial charge in [-0.3, -0.25) is 4.79 Å². The highest BCUT2D eigenvalue weighted by Crippen LogP contribution is 2.33. The minimum atomic E-state index is -4.46. The van der Waals surface area contributed by atoms with E-state index >= 15 is 0 Å². The van der Waals surface area contributed by atoms with E-state index in [9.17, 15) is 18.0 Å². The Labute approximate surface area is 161 Å². The molecule has 0 bridgehead atoms. The van der Waals surface area contributed by atoms with E-state index in [1.54, 1.807) is 6.07 Å². The topological polar surface area (TPSA) is 63.1 Å². The van der Waals surface area contributed by atoms with E-state index in [0.29, 0.717) is 12.4 Å². The SMILES string of the molecule is CC(C)n1nc(N2CCCCC2CNc2ncccc2C(F)(F)F)ccc1=O. The van der Waals surface area contributed by atoms with Crippen molar-refractivity contribution in [3.63, 3.8) is 0 Å². The van der Waals surface area contributed by atoms with Crippen molar-refractivity contribution >= 4 is 11.6 Å². The molecule has 9 heteroatoms. The first kappa shape index (κ1) is 20.2. The normalized spacial score (nSPS) is 17.8. The zero-order valence-electron chi connectivity index (χ0n) is 15.9. The summed E-state index contributed by atoms with van der Waals surface area (Å²) in [4.78, 5) is 17.9.